The maximum atomic E-state index is 13.2. The van der Waals surface area contributed by atoms with Crippen molar-refractivity contribution in [1.82, 2.24) is 14.7 Å². The minimum atomic E-state index is -0.253. The van der Waals surface area contributed by atoms with E-state index in [0.29, 0.717) is 38.2 Å². The van der Waals surface area contributed by atoms with Crippen LogP contribution in [0.1, 0.15) is 56.0 Å². The number of methoxy groups -OCH3 is 1. The van der Waals surface area contributed by atoms with Crippen LogP contribution in [-0.2, 0) is 26.2 Å². The third-order valence-corrected chi connectivity index (χ3v) is 6.26. The van der Waals surface area contributed by atoms with E-state index in [1.807, 2.05) is 55.5 Å². The third-order valence-electron chi connectivity index (χ3n) is 6.26. The summed E-state index contributed by atoms with van der Waals surface area (Å²) in [5.41, 5.74) is 4.92. The van der Waals surface area contributed by atoms with Crippen LogP contribution in [0.5, 0.6) is 0 Å². The highest BCUT2D eigenvalue weighted by molar-refractivity contribution is 5.94. The molecule has 3 rings (SSSR count). The molecule has 0 spiro atoms. The molecule has 0 fully saturated rings. The minimum Gasteiger partial charge on any atom is -0.385 e. The summed E-state index contributed by atoms with van der Waals surface area (Å²) < 4.78 is 6.96. The number of anilines is 1. The molecular weight excluding hydrogens is 464 g/mol. The second-order valence-corrected chi connectivity index (χ2v) is 10.6. The van der Waals surface area contributed by atoms with Gasteiger partial charge >= 0.3 is 0 Å². The SMILES string of the molecule is COCCCN(CC(=O)Nc1cc(C(C)(C)C)nn1-c1ccc(C)cc1C)C(=O)CCc1ccccc1. The largest absolute Gasteiger partial charge is 0.385 e. The van der Waals surface area contributed by atoms with Gasteiger partial charge in [-0.3, -0.25) is 9.59 Å². The molecule has 1 heterocycles. The van der Waals surface area contributed by atoms with Crippen molar-refractivity contribution >= 4 is 17.6 Å². The molecule has 0 saturated carbocycles. The van der Waals surface area contributed by atoms with Gasteiger partial charge in [-0.05, 0) is 43.9 Å². The first-order valence-electron chi connectivity index (χ1n) is 12.9. The summed E-state index contributed by atoms with van der Waals surface area (Å²) in [6.45, 7) is 11.3. The molecule has 0 saturated heterocycles. The van der Waals surface area contributed by atoms with Gasteiger partial charge in [-0.1, -0.05) is 68.8 Å². The maximum absolute atomic E-state index is 13.2. The van der Waals surface area contributed by atoms with Crippen molar-refractivity contribution in [2.24, 2.45) is 0 Å². The first kappa shape index (κ1) is 28.1. The Bertz CT molecular complexity index is 1200. The number of carbonyl (C=O) groups excluding carboxylic acids is 2. The van der Waals surface area contributed by atoms with Gasteiger partial charge in [0.25, 0.3) is 0 Å². The number of hydrogen-bond acceptors (Lipinski definition) is 4. The molecule has 198 valence electrons. The molecule has 0 aliphatic rings. The standard InChI is InChI=1S/C30H40N4O3/c1-22-13-15-25(23(2)19-22)34-27(20-26(32-34)30(3,4)5)31-28(35)21-33(17-10-18-37-6)29(36)16-14-24-11-8-7-9-12-24/h7-9,11-13,15,19-20H,10,14,16-18,21H2,1-6H3,(H,31,35). The number of hydrogen-bond donors (Lipinski definition) is 1. The van der Waals surface area contributed by atoms with E-state index in [9.17, 15) is 9.59 Å². The maximum Gasteiger partial charge on any atom is 0.245 e. The van der Waals surface area contributed by atoms with Gasteiger partial charge in [0, 0.05) is 38.2 Å². The Morgan fingerprint density at radius 3 is 2.43 bits per heavy atom. The van der Waals surface area contributed by atoms with Crippen molar-refractivity contribution in [1.29, 1.82) is 0 Å². The molecule has 0 radical (unpaired) electrons. The van der Waals surface area contributed by atoms with E-state index in [0.717, 1.165) is 28.1 Å². The van der Waals surface area contributed by atoms with Crippen LogP contribution in [0.3, 0.4) is 0 Å². The van der Waals surface area contributed by atoms with Crippen LogP contribution in [0.15, 0.2) is 54.6 Å². The smallest absolute Gasteiger partial charge is 0.245 e. The number of aromatic nitrogens is 2. The molecule has 7 heteroatoms. The third kappa shape index (κ3) is 8.02. The molecule has 3 aromatic rings. The number of rotatable bonds is 11. The number of nitrogens with one attached hydrogen (secondary N) is 1. The quantitative estimate of drug-likeness (QED) is 0.363. The van der Waals surface area contributed by atoms with Gasteiger partial charge < -0.3 is 15.0 Å². The highest BCUT2D eigenvalue weighted by Gasteiger charge is 2.23. The summed E-state index contributed by atoms with van der Waals surface area (Å²) in [7, 11) is 1.63. The van der Waals surface area contributed by atoms with Crippen molar-refractivity contribution in [3.63, 3.8) is 0 Å². The molecule has 2 amide bonds. The normalized spacial score (nSPS) is 11.4. The molecular formula is C30H40N4O3. The zero-order valence-electron chi connectivity index (χ0n) is 23.0. The molecule has 0 unspecified atom stereocenters. The Morgan fingerprint density at radius 2 is 1.78 bits per heavy atom. The fourth-order valence-corrected chi connectivity index (χ4v) is 4.16. The summed E-state index contributed by atoms with van der Waals surface area (Å²) in [6, 6.07) is 18.0. The van der Waals surface area contributed by atoms with E-state index in [1.54, 1.807) is 16.7 Å². The predicted molar refractivity (Wildman–Crippen MR) is 148 cm³/mol. The molecule has 2 aromatic carbocycles. The fraction of sp³-hybridized carbons (Fsp3) is 0.433. The van der Waals surface area contributed by atoms with Gasteiger partial charge in [-0.15, -0.1) is 0 Å². The summed E-state index contributed by atoms with van der Waals surface area (Å²) in [4.78, 5) is 28.0. The average molecular weight is 505 g/mol. The second kappa shape index (κ2) is 12.7. The lowest BCUT2D eigenvalue weighted by molar-refractivity contribution is -0.134. The van der Waals surface area contributed by atoms with Crippen LogP contribution in [0.2, 0.25) is 0 Å². The van der Waals surface area contributed by atoms with Gasteiger partial charge in [0.15, 0.2) is 0 Å². The van der Waals surface area contributed by atoms with Crippen molar-refractivity contribution in [2.45, 2.75) is 59.3 Å². The lowest BCUT2D eigenvalue weighted by Crippen LogP contribution is -2.39. The van der Waals surface area contributed by atoms with E-state index < -0.39 is 0 Å². The van der Waals surface area contributed by atoms with Crippen LogP contribution < -0.4 is 5.32 Å². The summed E-state index contributed by atoms with van der Waals surface area (Å²) in [6.07, 6.45) is 1.64. The van der Waals surface area contributed by atoms with Crippen molar-refractivity contribution in [3.05, 3.63) is 77.0 Å². The van der Waals surface area contributed by atoms with Gasteiger partial charge in [0.1, 0.15) is 5.82 Å². The lowest BCUT2D eigenvalue weighted by atomic mass is 9.92. The first-order valence-corrected chi connectivity index (χ1v) is 12.9. The zero-order valence-corrected chi connectivity index (χ0v) is 23.0. The molecule has 7 nitrogen and oxygen atoms in total. The van der Waals surface area contributed by atoms with Crippen molar-refractivity contribution < 1.29 is 14.3 Å². The molecule has 37 heavy (non-hydrogen) atoms. The zero-order chi connectivity index (χ0) is 27.0. The lowest BCUT2D eigenvalue weighted by Gasteiger charge is -2.22. The highest BCUT2D eigenvalue weighted by atomic mass is 16.5. The molecule has 0 aliphatic carbocycles. The number of amides is 2. The highest BCUT2D eigenvalue weighted by Crippen LogP contribution is 2.27. The fourth-order valence-electron chi connectivity index (χ4n) is 4.16. The van der Waals surface area contributed by atoms with Crippen LogP contribution in [-0.4, -0.2) is 53.3 Å². The number of aryl methyl sites for hydroxylation is 3. The summed E-state index contributed by atoms with van der Waals surface area (Å²) in [5.74, 6) is 0.292. The van der Waals surface area contributed by atoms with E-state index in [1.165, 1.54) is 0 Å². The number of carbonyl (C=O) groups is 2. The Balaban J connectivity index is 1.79. The van der Waals surface area contributed by atoms with Gasteiger partial charge in [0.05, 0.1) is 17.9 Å². The topological polar surface area (TPSA) is 76.5 Å². The van der Waals surface area contributed by atoms with Crippen LogP contribution >= 0.6 is 0 Å². The number of nitrogens with zero attached hydrogens (tertiary/aromatic N) is 3. The average Bonchev–Trinajstić information content (AvgIpc) is 3.26. The van der Waals surface area contributed by atoms with E-state index in [-0.39, 0.29) is 23.8 Å². The summed E-state index contributed by atoms with van der Waals surface area (Å²) >= 11 is 0. The van der Waals surface area contributed by atoms with Gasteiger partial charge in [-0.2, -0.15) is 5.10 Å². The van der Waals surface area contributed by atoms with Gasteiger partial charge in [0.2, 0.25) is 11.8 Å². The van der Waals surface area contributed by atoms with Crippen molar-refractivity contribution in [3.8, 4) is 5.69 Å². The summed E-state index contributed by atoms with van der Waals surface area (Å²) in [5, 5.41) is 7.87. The Morgan fingerprint density at radius 1 is 1.05 bits per heavy atom. The van der Waals surface area contributed by atoms with Crippen LogP contribution in [0.25, 0.3) is 5.69 Å². The van der Waals surface area contributed by atoms with Crippen LogP contribution in [0.4, 0.5) is 5.82 Å². The van der Waals surface area contributed by atoms with Crippen LogP contribution in [0, 0.1) is 13.8 Å². The Labute approximate surface area is 220 Å². The molecule has 0 bridgehead atoms. The van der Waals surface area contributed by atoms with Gasteiger partial charge in [-0.25, -0.2) is 4.68 Å². The van der Waals surface area contributed by atoms with E-state index in [4.69, 9.17) is 9.84 Å². The molecule has 1 N–H and O–H groups in total. The molecule has 0 aliphatic heterocycles. The number of ether oxygens (including phenoxy) is 1. The van der Waals surface area contributed by atoms with E-state index in [2.05, 4.69) is 39.1 Å². The van der Waals surface area contributed by atoms with E-state index >= 15 is 0 Å². The molecule has 0 atom stereocenters. The second-order valence-electron chi connectivity index (χ2n) is 10.6. The predicted octanol–water partition coefficient (Wildman–Crippen LogP) is 5.22. The minimum absolute atomic E-state index is 0.0275. The monoisotopic (exact) mass is 504 g/mol. The Hall–Kier alpha value is -3.45. The van der Waals surface area contributed by atoms with Crippen molar-refractivity contribution in [2.75, 3.05) is 32.1 Å². The molecule has 1 aromatic heterocycles. The Kier molecular flexibility index (Phi) is 9.64. The number of benzene rings is 2. The first-order chi connectivity index (χ1) is 17.6.